The maximum Gasteiger partial charge on any atom is 0.274 e. The first-order valence-corrected chi connectivity index (χ1v) is 8.24. The molecule has 0 unspecified atom stereocenters. The van der Waals surface area contributed by atoms with Gasteiger partial charge in [-0.05, 0) is 24.3 Å². The van der Waals surface area contributed by atoms with Gasteiger partial charge in [-0.1, -0.05) is 17.3 Å². The van der Waals surface area contributed by atoms with Crippen LogP contribution >= 0.6 is 0 Å². The summed E-state index contributed by atoms with van der Waals surface area (Å²) in [5.74, 6) is 0.239. The van der Waals surface area contributed by atoms with E-state index in [1.54, 1.807) is 10.9 Å². The number of hydrogen-bond acceptors (Lipinski definition) is 6. The van der Waals surface area contributed by atoms with Crippen LogP contribution in [0.3, 0.4) is 0 Å². The van der Waals surface area contributed by atoms with E-state index in [1.807, 2.05) is 43.4 Å². The molecule has 0 aliphatic carbocycles. The molecule has 132 valence electrons. The zero-order valence-electron chi connectivity index (χ0n) is 14.3. The minimum Gasteiger partial charge on any atom is -0.382 e. The van der Waals surface area contributed by atoms with Crippen molar-refractivity contribution >= 4 is 22.5 Å². The molecule has 9 nitrogen and oxygen atoms in total. The van der Waals surface area contributed by atoms with Crippen LogP contribution in [-0.4, -0.2) is 34.6 Å². The summed E-state index contributed by atoms with van der Waals surface area (Å²) in [6.07, 6.45) is 1.67. The molecule has 0 fully saturated rings. The molecule has 4 aromatic heterocycles. The lowest BCUT2D eigenvalue weighted by Crippen LogP contribution is -2.14. The van der Waals surface area contributed by atoms with Gasteiger partial charge in [0.15, 0.2) is 5.82 Å². The third-order valence-corrected chi connectivity index (χ3v) is 4.48. The number of aromatic amines is 1. The number of fused-ring (bicyclic) bond motifs is 2. The van der Waals surface area contributed by atoms with Gasteiger partial charge >= 0.3 is 0 Å². The first kappa shape index (κ1) is 15.3. The number of nitrogens with two attached hydrogens (primary N) is 1. The Hall–Kier alpha value is -4.01. The number of anilines is 1. The summed E-state index contributed by atoms with van der Waals surface area (Å²) >= 11 is 0. The summed E-state index contributed by atoms with van der Waals surface area (Å²) in [6.45, 7) is 0. The van der Waals surface area contributed by atoms with Crippen LogP contribution in [0.1, 0.15) is 0 Å². The molecule has 0 atom stereocenters. The van der Waals surface area contributed by atoms with Crippen LogP contribution in [0, 0.1) is 0 Å². The Morgan fingerprint density at radius 2 is 2.04 bits per heavy atom. The zero-order chi connectivity index (χ0) is 18.5. The van der Waals surface area contributed by atoms with Gasteiger partial charge in [-0.15, -0.1) is 10.2 Å². The normalized spacial score (nSPS) is 11.4. The van der Waals surface area contributed by atoms with Crippen LogP contribution in [0.25, 0.3) is 39.2 Å². The number of nitrogens with zero attached hydrogens (tertiary/aromatic N) is 6. The van der Waals surface area contributed by atoms with E-state index in [-0.39, 0.29) is 11.4 Å². The Morgan fingerprint density at radius 3 is 2.85 bits per heavy atom. The van der Waals surface area contributed by atoms with E-state index < -0.39 is 0 Å². The standard InChI is InChI=1S/C18H14N8O/c1-25-14-6-5-10(8-13(14)22-24-25)12-9-15(27)26-18(21-12)16(17(19)23-26)11-4-2-3-7-20-11/h2-9,21H,1H3,(H2,19,23). The molecule has 0 amide bonds. The lowest BCUT2D eigenvalue weighted by molar-refractivity contribution is 0.736. The van der Waals surface area contributed by atoms with E-state index in [9.17, 15) is 4.79 Å². The smallest absolute Gasteiger partial charge is 0.274 e. The van der Waals surface area contributed by atoms with Gasteiger partial charge in [0.2, 0.25) is 0 Å². The van der Waals surface area contributed by atoms with Gasteiger partial charge in [-0.25, -0.2) is 4.68 Å². The Bertz CT molecular complexity index is 1360. The Kier molecular flexibility index (Phi) is 3.11. The summed E-state index contributed by atoms with van der Waals surface area (Å²) in [5.41, 5.74) is 10.6. The molecule has 1 aromatic carbocycles. The van der Waals surface area contributed by atoms with Gasteiger partial charge in [0.25, 0.3) is 5.56 Å². The third-order valence-electron chi connectivity index (χ3n) is 4.48. The topological polar surface area (TPSA) is 120 Å². The van der Waals surface area contributed by atoms with Crippen molar-refractivity contribution in [1.82, 2.24) is 34.6 Å². The molecule has 9 heteroatoms. The third kappa shape index (κ3) is 2.29. The van der Waals surface area contributed by atoms with Gasteiger partial charge in [-0.2, -0.15) is 4.52 Å². The number of aryl methyl sites for hydroxylation is 1. The fourth-order valence-corrected chi connectivity index (χ4v) is 3.18. The maximum atomic E-state index is 12.6. The summed E-state index contributed by atoms with van der Waals surface area (Å²) in [5, 5.41) is 12.3. The molecule has 3 N–H and O–H groups in total. The number of nitrogens with one attached hydrogen (secondary N) is 1. The second kappa shape index (κ2) is 5.49. The predicted molar refractivity (Wildman–Crippen MR) is 101 cm³/mol. The molecular weight excluding hydrogens is 344 g/mol. The molecule has 27 heavy (non-hydrogen) atoms. The molecule has 0 bridgehead atoms. The number of H-pyrrole nitrogens is 1. The van der Waals surface area contributed by atoms with Crippen molar-refractivity contribution in [1.29, 1.82) is 0 Å². The summed E-state index contributed by atoms with van der Waals surface area (Å²) in [6, 6.07) is 12.7. The minimum absolute atomic E-state index is 0.239. The van der Waals surface area contributed by atoms with Crippen molar-refractivity contribution in [3.8, 4) is 22.5 Å². The van der Waals surface area contributed by atoms with E-state index in [0.29, 0.717) is 22.6 Å². The molecule has 0 spiro atoms. The predicted octanol–water partition coefficient (Wildman–Crippen LogP) is 1.62. The minimum atomic E-state index is -0.285. The summed E-state index contributed by atoms with van der Waals surface area (Å²) in [7, 11) is 1.83. The second-order valence-electron chi connectivity index (χ2n) is 6.17. The Morgan fingerprint density at radius 1 is 1.15 bits per heavy atom. The quantitative estimate of drug-likeness (QED) is 0.495. The average Bonchev–Trinajstić information content (AvgIpc) is 3.22. The molecule has 4 heterocycles. The van der Waals surface area contributed by atoms with Crippen molar-refractivity contribution in [2.75, 3.05) is 5.73 Å². The maximum absolute atomic E-state index is 12.6. The first-order chi connectivity index (χ1) is 13.1. The van der Waals surface area contributed by atoms with Crippen molar-refractivity contribution in [2.24, 2.45) is 7.05 Å². The molecule has 0 aliphatic rings. The van der Waals surface area contributed by atoms with Crippen LogP contribution in [0.4, 0.5) is 5.82 Å². The fourth-order valence-electron chi connectivity index (χ4n) is 3.18. The van der Waals surface area contributed by atoms with Crippen LogP contribution in [0.2, 0.25) is 0 Å². The fraction of sp³-hybridized carbons (Fsp3) is 0.0556. The Labute approximate surface area is 152 Å². The number of rotatable bonds is 2. The lowest BCUT2D eigenvalue weighted by atomic mass is 10.1. The zero-order valence-corrected chi connectivity index (χ0v) is 14.3. The monoisotopic (exact) mass is 358 g/mol. The van der Waals surface area contributed by atoms with E-state index in [1.165, 1.54) is 10.6 Å². The summed E-state index contributed by atoms with van der Waals surface area (Å²) in [4.78, 5) is 20.2. The summed E-state index contributed by atoms with van der Waals surface area (Å²) < 4.78 is 2.95. The highest BCUT2D eigenvalue weighted by molar-refractivity contribution is 5.86. The molecule has 0 radical (unpaired) electrons. The van der Waals surface area contributed by atoms with Crippen LogP contribution in [0.15, 0.2) is 53.5 Å². The number of pyridine rings is 1. The van der Waals surface area contributed by atoms with E-state index in [2.05, 4.69) is 25.4 Å². The van der Waals surface area contributed by atoms with Gasteiger partial charge < -0.3 is 10.7 Å². The van der Waals surface area contributed by atoms with E-state index >= 15 is 0 Å². The molecular formula is C18H14N8O. The SMILES string of the molecule is Cn1nnc2cc(-c3cc(=O)n4nc(N)c(-c5ccccn5)c4[nH]3)ccc21. The highest BCUT2D eigenvalue weighted by Crippen LogP contribution is 2.28. The van der Waals surface area contributed by atoms with Gasteiger partial charge in [-0.3, -0.25) is 9.78 Å². The molecule has 5 aromatic rings. The van der Waals surface area contributed by atoms with Gasteiger partial charge in [0.1, 0.15) is 11.2 Å². The number of hydrogen-bond donors (Lipinski definition) is 2. The molecule has 0 aliphatic heterocycles. The molecule has 5 rings (SSSR count). The highest BCUT2D eigenvalue weighted by Gasteiger charge is 2.17. The molecule has 0 saturated carbocycles. The second-order valence-corrected chi connectivity index (χ2v) is 6.17. The molecule has 0 saturated heterocycles. The van der Waals surface area contributed by atoms with Crippen molar-refractivity contribution in [3.05, 3.63) is 59.0 Å². The van der Waals surface area contributed by atoms with E-state index in [4.69, 9.17) is 5.73 Å². The van der Waals surface area contributed by atoms with Crippen molar-refractivity contribution in [2.45, 2.75) is 0 Å². The number of nitrogen functional groups attached to an aromatic ring is 1. The van der Waals surface area contributed by atoms with E-state index in [0.717, 1.165) is 16.6 Å². The van der Waals surface area contributed by atoms with Crippen LogP contribution in [0.5, 0.6) is 0 Å². The Balaban J connectivity index is 1.77. The average molecular weight is 358 g/mol. The number of aromatic nitrogens is 7. The van der Waals surface area contributed by atoms with Crippen LogP contribution in [-0.2, 0) is 7.05 Å². The van der Waals surface area contributed by atoms with Gasteiger partial charge in [0.05, 0.1) is 22.5 Å². The van der Waals surface area contributed by atoms with Crippen LogP contribution < -0.4 is 11.3 Å². The lowest BCUT2D eigenvalue weighted by Gasteiger charge is -2.05. The van der Waals surface area contributed by atoms with Crippen molar-refractivity contribution in [3.63, 3.8) is 0 Å². The van der Waals surface area contributed by atoms with Gasteiger partial charge in [0, 0.05) is 24.9 Å². The highest BCUT2D eigenvalue weighted by atomic mass is 16.1. The number of benzene rings is 1. The van der Waals surface area contributed by atoms with Crippen molar-refractivity contribution < 1.29 is 0 Å². The largest absolute Gasteiger partial charge is 0.382 e. The first-order valence-electron chi connectivity index (χ1n) is 8.24.